The van der Waals surface area contributed by atoms with E-state index in [4.69, 9.17) is 23.7 Å². The third-order valence-electron chi connectivity index (χ3n) is 6.64. The highest BCUT2D eigenvalue weighted by Gasteiger charge is 2.46. The number of esters is 2. The molecule has 39 heavy (non-hydrogen) atoms. The Labute approximate surface area is 227 Å². The van der Waals surface area contributed by atoms with Gasteiger partial charge in [-0.1, -0.05) is 18.2 Å². The normalized spacial score (nSPS) is 32.0. The summed E-state index contributed by atoms with van der Waals surface area (Å²) < 4.78 is 26.9. The Morgan fingerprint density at radius 3 is 2.49 bits per heavy atom. The van der Waals surface area contributed by atoms with Crippen molar-refractivity contribution in [3.05, 3.63) is 47.8 Å². The first-order chi connectivity index (χ1) is 18.4. The standard InChI is InChI=1S/C27H40O12/c1-6-16-17(11-20(29)36-13-15(3)9-8-10-27(4,34)7-2)18(24(33)35-5)14-37-25(16)39-26-23(32)22(31)21(30)19(12-28)38-26/h6-7,9,14,17,19,21-23,25-26,28,30-32,34H,2,8,10-13H2,1,3-5H3/b15-9+,16-6-/t17-,19+,21+,22-,23+,25-,26-,27?/m0/s1. The SMILES string of the molecule is C=CC(C)(O)CC/C=C(\C)COC(=O)C[C@@H]1C(C(=O)OC)=CO[C@@H](O[C@@H]2O[C@H](CO)[C@@H](O)[C@H](O)[C@H]2O)/C1=C\C. The molecule has 12 heteroatoms. The van der Waals surface area contributed by atoms with Crippen LogP contribution < -0.4 is 0 Å². The van der Waals surface area contributed by atoms with Crippen molar-refractivity contribution >= 4 is 11.9 Å². The molecule has 0 aromatic carbocycles. The maximum atomic E-state index is 12.8. The molecule has 1 fully saturated rings. The van der Waals surface area contributed by atoms with Gasteiger partial charge in [0.25, 0.3) is 0 Å². The lowest BCUT2D eigenvalue weighted by Gasteiger charge is -2.41. The van der Waals surface area contributed by atoms with Gasteiger partial charge in [-0.15, -0.1) is 6.58 Å². The number of hydrogen-bond donors (Lipinski definition) is 5. The molecule has 2 aliphatic rings. The van der Waals surface area contributed by atoms with Crippen molar-refractivity contribution in [2.24, 2.45) is 5.92 Å². The minimum absolute atomic E-state index is 0.00548. The first-order valence-electron chi connectivity index (χ1n) is 12.6. The quantitative estimate of drug-likeness (QED) is 0.165. The number of ether oxygens (including phenoxy) is 5. The molecule has 220 valence electrons. The molecule has 5 N–H and O–H groups in total. The fourth-order valence-corrected chi connectivity index (χ4v) is 4.12. The van der Waals surface area contributed by atoms with E-state index in [0.717, 1.165) is 11.8 Å². The van der Waals surface area contributed by atoms with Gasteiger partial charge < -0.3 is 49.2 Å². The van der Waals surface area contributed by atoms with E-state index in [-0.39, 0.29) is 18.6 Å². The van der Waals surface area contributed by atoms with E-state index in [1.807, 2.05) is 6.08 Å². The predicted octanol–water partition coefficient (Wildman–Crippen LogP) is 0.375. The van der Waals surface area contributed by atoms with E-state index < -0.39 is 67.1 Å². The Bertz CT molecular complexity index is 950. The van der Waals surface area contributed by atoms with Crippen molar-refractivity contribution in [3.63, 3.8) is 0 Å². The molecule has 0 amide bonds. The van der Waals surface area contributed by atoms with Crippen LogP contribution in [0, 0.1) is 5.92 Å². The molecular formula is C27H40O12. The van der Waals surface area contributed by atoms with Crippen molar-refractivity contribution < 1.29 is 58.8 Å². The van der Waals surface area contributed by atoms with Crippen molar-refractivity contribution in [3.8, 4) is 0 Å². The van der Waals surface area contributed by atoms with Gasteiger partial charge in [-0.05, 0) is 39.2 Å². The minimum atomic E-state index is -1.68. The highest BCUT2D eigenvalue weighted by atomic mass is 16.8. The smallest absolute Gasteiger partial charge is 0.337 e. The Morgan fingerprint density at radius 2 is 1.90 bits per heavy atom. The van der Waals surface area contributed by atoms with Crippen LogP contribution in [0.4, 0.5) is 0 Å². The van der Waals surface area contributed by atoms with Crippen LogP contribution in [0.1, 0.15) is 40.0 Å². The Kier molecular flexibility index (Phi) is 12.3. The molecule has 2 heterocycles. The molecular weight excluding hydrogens is 516 g/mol. The van der Waals surface area contributed by atoms with Crippen LogP contribution in [-0.4, -0.2) is 100 Å². The van der Waals surface area contributed by atoms with Gasteiger partial charge in [-0.25, -0.2) is 4.79 Å². The summed E-state index contributed by atoms with van der Waals surface area (Å²) in [5.41, 5.74) is 0.138. The lowest BCUT2D eigenvalue weighted by Crippen LogP contribution is -2.60. The number of carbonyl (C=O) groups is 2. The van der Waals surface area contributed by atoms with Gasteiger partial charge in [0, 0.05) is 11.5 Å². The number of methoxy groups -OCH3 is 1. The Hall–Kier alpha value is -2.58. The molecule has 1 saturated heterocycles. The first kappa shape index (κ1) is 32.6. The zero-order valence-corrected chi connectivity index (χ0v) is 22.7. The summed E-state index contributed by atoms with van der Waals surface area (Å²) in [5, 5.41) is 49.8. The number of aliphatic hydroxyl groups is 5. The van der Waals surface area contributed by atoms with Crippen LogP contribution in [0.5, 0.6) is 0 Å². The van der Waals surface area contributed by atoms with Crippen molar-refractivity contribution in [2.45, 2.75) is 82.6 Å². The zero-order valence-electron chi connectivity index (χ0n) is 22.7. The van der Waals surface area contributed by atoms with Gasteiger partial charge in [0.15, 0.2) is 6.29 Å². The Balaban J connectivity index is 2.13. The average molecular weight is 557 g/mol. The Morgan fingerprint density at radius 1 is 1.21 bits per heavy atom. The highest BCUT2D eigenvalue weighted by Crippen LogP contribution is 2.36. The minimum Gasteiger partial charge on any atom is -0.468 e. The maximum Gasteiger partial charge on any atom is 0.337 e. The fourth-order valence-electron chi connectivity index (χ4n) is 4.12. The summed E-state index contributed by atoms with van der Waals surface area (Å²) >= 11 is 0. The second-order valence-electron chi connectivity index (χ2n) is 9.72. The summed E-state index contributed by atoms with van der Waals surface area (Å²) in [4.78, 5) is 25.2. The summed E-state index contributed by atoms with van der Waals surface area (Å²) in [7, 11) is 1.18. The summed E-state index contributed by atoms with van der Waals surface area (Å²) in [6.45, 7) is 8.01. The van der Waals surface area contributed by atoms with E-state index in [1.54, 1.807) is 26.8 Å². The van der Waals surface area contributed by atoms with Crippen LogP contribution in [0.15, 0.2) is 47.8 Å². The number of rotatable bonds is 12. The number of allylic oxidation sites excluding steroid dienone is 2. The first-order valence-corrected chi connectivity index (χ1v) is 12.6. The third-order valence-corrected chi connectivity index (χ3v) is 6.64. The van der Waals surface area contributed by atoms with Gasteiger partial charge in [0.05, 0.1) is 37.6 Å². The predicted molar refractivity (Wildman–Crippen MR) is 136 cm³/mol. The monoisotopic (exact) mass is 556 g/mol. The number of carbonyl (C=O) groups excluding carboxylic acids is 2. The zero-order chi connectivity index (χ0) is 29.3. The summed E-state index contributed by atoms with van der Waals surface area (Å²) in [6.07, 6.45) is -2.15. The number of hydrogen-bond acceptors (Lipinski definition) is 12. The molecule has 0 bridgehead atoms. The molecule has 12 nitrogen and oxygen atoms in total. The van der Waals surface area contributed by atoms with E-state index in [1.165, 1.54) is 13.2 Å². The van der Waals surface area contributed by atoms with E-state index >= 15 is 0 Å². The van der Waals surface area contributed by atoms with Gasteiger partial charge in [-0.2, -0.15) is 0 Å². The largest absolute Gasteiger partial charge is 0.468 e. The van der Waals surface area contributed by atoms with Crippen molar-refractivity contribution in [1.82, 2.24) is 0 Å². The topological polar surface area (TPSA) is 181 Å². The summed E-state index contributed by atoms with van der Waals surface area (Å²) in [5.74, 6) is -2.22. The highest BCUT2D eigenvalue weighted by molar-refractivity contribution is 5.90. The summed E-state index contributed by atoms with van der Waals surface area (Å²) in [6, 6.07) is 0. The lowest BCUT2D eigenvalue weighted by atomic mass is 9.86. The molecule has 0 aromatic rings. The second-order valence-corrected chi connectivity index (χ2v) is 9.72. The molecule has 2 aliphatic heterocycles. The average Bonchev–Trinajstić information content (AvgIpc) is 2.91. The van der Waals surface area contributed by atoms with Crippen LogP contribution in [0.3, 0.4) is 0 Å². The molecule has 2 rings (SSSR count). The van der Waals surface area contributed by atoms with Crippen molar-refractivity contribution in [2.75, 3.05) is 20.3 Å². The van der Waals surface area contributed by atoms with Gasteiger partial charge >= 0.3 is 11.9 Å². The molecule has 1 unspecified atom stereocenters. The molecule has 0 aliphatic carbocycles. The number of aliphatic hydroxyl groups excluding tert-OH is 4. The van der Waals surface area contributed by atoms with Crippen LogP contribution in [0.2, 0.25) is 0 Å². The maximum absolute atomic E-state index is 12.8. The van der Waals surface area contributed by atoms with Gasteiger partial charge in [-0.3, -0.25) is 4.79 Å². The molecule has 8 atom stereocenters. The fraction of sp³-hybridized carbons (Fsp3) is 0.630. The molecule has 0 spiro atoms. The van der Waals surface area contributed by atoms with Crippen LogP contribution >= 0.6 is 0 Å². The molecule has 0 aromatic heterocycles. The van der Waals surface area contributed by atoms with Gasteiger partial charge in [0.2, 0.25) is 6.29 Å². The molecule has 0 radical (unpaired) electrons. The van der Waals surface area contributed by atoms with E-state index in [2.05, 4.69) is 6.58 Å². The van der Waals surface area contributed by atoms with Crippen LogP contribution in [0.25, 0.3) is 0 Å². The molecule has 0 saturated carbocycles. The van der Waals surface area contributed by atoms with E-state index in [0.29, 0.717) is 18.4 Å². The van der Waals surface area contributed by atoms with Crippen LogP contribution in [-0.2, 0) is 33.3 Å². The van der Waals surface area contributed by atoms with Crippen molar-refractivity contribution in [1.29, 1.82) is 0 Å². The lowest BCUT2D eigenvalue weighted by molar-refractivity contribution is -0.327. The third kappa shape index (κ3) is 8.70. The van der Waals surface area contributed by atoms with Gasteiger partial charge in [0.1, 0.15) is 31.0 Å². The second kappa shape index (κ2) is 14.7. The van der Waals surface area contributed by atoms with E-state index in [9.17, 15) is 35.1 Å².